The number of rotatable bonds is 5. The van der Waals surface area contributed by atoms with Gasteiger partial charge in [0.25, 0.3) is 0 Å². The SMILES string of the molecule is C[C@@H](NCC(=O)Nc1ccc(C#N)c(Cl)c1)c1cccc(Cl)c1. The van der Waals surface area contributed by atoms with Crippen molar-refractivity contribution in [2.24, 2.45) is 0 Å². The topological polar surface area (TPSA) is 64.9 Å². The van der Waals surface area contributed by atoms with Gasteiger partial charge >= 0.3 is 0 Å². The Morgan fingerprint density at radius 1 is 1.26 bits per heavy atom. The maximum atomic E-state index is 12.0. The lowest BCUT2D eigenvalue weighted by Gasteiger charge is -2.14. The lowest BCUT2D eigenvalue weighted by atomic mass is 10.1. The molecule has 0 unspecified atom stereocenters. The molecule has 6 heteroatoms. The zero-order chi connectivity index (χ0) is 16.8. The number of halogens is 2. The van der Waals surface area contributed by atoms with Crippen molar-refractivity contribution >= 4 is 34.8 Å². The second-order valence-electron chi connectivity index (χ2n) is 5.01. The Hall–Kier alpha value is -2.06. The van der Waals surface area contributed by atoms with Crippen molar-refractivity contribution in [1.29, 1.82) is 5.26 Å². The quantitative estimate of drug-likeness (QED) is 0.853. The molecule has 0 aliphatic carbocycles. The highest BCUT2D eigenvalue weighted by Crippen LogP contribution is 2.20. The molecule has 1 amide bonds. The number of benzene rings is 2. The lowest BCUT2D eigenvalue weighted by Crippen LogP contribution is -2.30. The van der Waals surface area contributed by atoms with Gasteiger partial charge in [-0.1, -0.05) is 35.3 Å². The Morgan fingerprint density at radius 2 is 2.04 bits per heavy atom. The van der Waals surface area contributed by atoms with E-state index >= 15 is 0 Å². The van der Waals surface area contributed by atoms with Gasteiger partial charge in [0.05, 0.1) is 17.1 Å². The molecule has 0 fully saturated rings. The molecule has 0 spiro atoms. The van der Waals surface area contributed by atoms with Gasteiger partial charge in [0.2, 0.25) is 5.91 Å². The first-order valence-corrected chi connectivity index (χ1v) is 7.73. The van der Waals surface area contributed by atoms with Crippen LogP contribution in [0.4, 0.5) is 5.69 Å². The number of amides is 1. The Balaban J connectivity index is 1.90. The van der Waals surface area contributed by atoms with E-state index in [2.05, 4.69) is 10.6 Å². The van der Waals surface area contributed by atoms with E-state index in [9.17, 15) is 4.79 Å². The van der Waals surface area contributed by atoms with E-state index in [0.717, 1.165) is 5.56 Å². The van der Waals surface area contributed by atoms with Gasteiger partial charge < -0.3 is 10.6 Å². The first kappa shape index (κ1) is 17.3. The van der Waals surface area contributed by atoms with Crippen molar-refractivity contribution in [2.45, 2.75) is 13.0 Å². The van der Waals surface area contributed by atoms with E-state index in [4.69, 9.17) is 28.5 Å². The Bertz CT molecular complexity index is 756. The summed E-state index contributed by atoms with van der Waals surface area (Å²) in [7, 11) is 0. The van der Waals surface area contributed by atoms with E-state index < -0.39 is 0 Å². The third-order valence-corrected chi connectivity index (χ3v) is 3.84. The van der Waals surface area contributed by atoms with Crippen molar-refractivity contribution in [1.82, 2.24) is 5.32 Å². The van der Waals surface area contributed by atoms with Crippen LogP contribution in [0.25, 0.3) is 0 Å². The molecule has 0 heterocycles. The van der Waals surface area contributed by atoms with Gasteiger partial charge in [-0.2, -0.15) is 5.26 Å². The van der Waals surface area contributed by atoms with Crippen LogP contribution in [0.15, 0.2) is 42.5 Å². The first-order valence-electron chi connectivity index (χ1n) is 6.98. The molecular weight excluding hydrogens is 333 g/mol. The van der Waals surface area contributed by atoms with Gasteiger partial charge in [-0.3, -0.25) is 4.79 Å². The molecule has 2 aromatic rings. The van der Waals surface area contributed by atoms with Gasteiger partial charge in [0.1, 0.15) is 6.07 Å². The van der Waals surface area contributed by atoms with Gasteiger partial charge in [0.15, 0.2) is 0 Å². The number of nitrogens with zero attached hydrogens (tertiary/aromatic N) is 1. The molecule has 0 saturated heterocycles. The molecule has 0 saturated carbocycles. The van der Waals surface area contributed by atoms with Crippen LogP contribution in [0, 0.1) is 11.3 Å². The average Bonchev–Trinajstić information content (AvgIpc) is 2.53. The van der Waals surface area contributed by atoms with Crippen LogP contribution >= 0.6 is 23.2 Å². The summed E-state index contributed by atoms with van der Waals surface area (Å²) in [6.07, 6.45) is 0. The van der Waals surface area contributed by atoms with E-state index in [-0.39, 0.29) is 18.5 Å². The van der Waals surface area contributed by atoms with E-state index in [1.165, 1.54) is 0 Å². The van der Waals surface area contributed by atoms with Crippen LogP contribution < -0.4 is 10.6 Å². The molecule has 2 rings (SSSR count). The summed E-state index contributed by atoms with van der Waals surface area (Å²) in [6.45, 7) is 2.10. The Morgan fingerprint density at radius 3 is 2.70 bits per heavy atom. The van der Waals surface area contributed by atoms with Gasteiger partial charge in [-0.25, -0.2) is 0 Å². The summed E-state index contributed by atoms with van der Waals surface area (Å²) in [5.74, 6) is -0.195. The fourth-order valence-electron chi connectivity index (χ4n) is 2.03. The smallest absolute Gasteiger partial charge is 0.238 e. The van der Waals surface area contributed by atoms with Crippen LogP contribution in [0.2, 0.25) is 10.0 Å². The minimum atomic E-state index is -0.195. The molecular formula is C17H15Cl2N3O. The summed E-state index contributed by atoms with van der Waals surface area (Å²) in [5, 5.41) is 15.7. The van der Waals surface area contributed by atoms with Crippen molar-refractivity contribution in [3.05, 3.63) is 63.6 Å². The van der Waals surface area contributed by atoms with Crippen LogP contribution in [-0.2, 0) is 4.79 Å². The Labute approximate surface area is 145 Å². The minimum absolute atomic E-state index is 0.0102. The van der Waals surface area contributed by atoms with Gasteiger partial charge in [-0.15, -0.1) is 0 Å². The maximum absolute atomic E-state index is 12.0. The number of nitrogens with one attached hydrogen (secondary N) is 2. The van der Waals surface area contributed by atoms with Crippen LogP contribution in [-0.4, -0.2) is 12.5 Å². The molecule has 23 heavy (non-hydrogen) atoms. The zero-order valence-electron chi connectivity index (χ0n) is 12.4. The van der Waals surface area contributed by atoms with Crippen molar-refractivity contribution < 1.29 is 4.79 Å². The molecule has 0 aliphatic heterocycles. The summed E-state index contributed by atoms with van der Waals surface area (Å²) in [6, 6.07) is 14.2. The van der Waals surface area contributed by atoms with Crippen LogP contribution in [0.3, 0.4) is 0 Å². The first-order chi connectivity index (χ1) is 11.0. The number of hydrogen-bond donors (Lipinski definition) is 2. The molecule has 0 bridgehead atoms. The molecule has 2 N–H and O–H groups in total. The number of anilines is 1. The van der Waals surface area contributed by atoms with E-state index in [0.29, 0.717) is 21.3 Å². The highest BCUT2D eigenvalue weighted by molar-refractivity contribution is 6.32. The summed E-state index contributed by atoms with van der Waals surface area (Å²) < 4.78 is 0. The van der Waals surface area contributed by atoms with E-state index in [1.54, 1.807) is 24.3 Å². The predicted octanol–water partition coefficient (Wildman–Crippen LogP) is 4.15. The molecule has 2 aromatic carbocycles. The summed E-state index contributed by atoms with van der Waals surface area (Å²) >= 11 is 11.9. The fourth-order valence-corrected chi connectivity index (χ4v) is 2.45. The average molecular weight is 348 g/mol. The molecule has 0 radical (unpaired) electrons. The maximum Gasteiger partial charge on any atom is 0.238 e. The van der Waals surface area contributed by atoms with Crippen molar-refractivity contribution in [3.8, 4) is 6.07 Å². The second kappa shape index (κ2) is 7.98. The molecule has 118 valence electrons. The summed E-state index contributed by atoms with van der Waals surface area (Å²) in [5.41, 5.74) is 1.93. The highest BCUT2D eigenvalue weighted by Gasteiger charge is 2.09. The predicted molar refractivity (Wildman–Crippen MR) is 92.7 cm³/mol. The number of carbonyl (C=O) groups excluding carboxylic acids is 1. The molecule has 4 nitrogen and oxygen atoms in total. The molecule has 0 aromatic heterocycles. The van der Waals surface area contributed by atoms with Gasteiger partial charge in [-0.05, 0) is 42.8 Å². The second-order valence-corrected chi connectivity index (χ2v) is 5.86. The van der Waals surface area contributed by atoms with E-state index in [1.807, 2.05) is 31.2 Å². The monoisotopic (exact) mass is 347 g/mol. The lowest BCUT2D eigenvalue weighted by molar-refractivity contribution is -0.115. The standard InChI is InChI=1S/C17H15Cl2N3O/c1-11(12-3-2-4-14(18)7-12)21-10-17(23)22-15-6-5-13(9-20)16(19)8-15/h2-8,11,21H,10H2,1H3,(H,22,23)/t11-/m1/s1. The minimum Gasteiger partial charge on any atom is -0.325 e. The third kappa shape index (κ3) is 4.97. The zero-order valence-corrected chi connectivity index (χ0v) is 13.9. The van der Waals surface area contributed by atoms with Crippen LogP contribution in [0.1, 0.15) is 24.1 Å². The van der Waals surface area contributed by atoms with Crippen molar-refractivity contribution in [2.75, 3.05) is 11.9 Å². The molecule has 1 atom stereocenters. The van der Waals surface area contributed by atoms with Crippen molar-refractivity contribution in [3.63, 3.8) is 0 Å². The largest absolute Gasteiger partial charge is 0.325 e. The summed E-state index contributed by atoms with van der Waals surface area (Å²) in [4.78, 5) is 12.0. The Kier molecular flexibility index (Phi) is 6.00. The third-order valence-electron chi connectivity index (χ3n) is 3.29. The number of nitriles is 1. The van der Waals surface area contributed by atoms with Crippen LogP contribution in [0.5, 0.6) is 0 Å². The molecule has 0 aliphatic rings. The normalized spacial score (nSPS) is 11.6. The number of hydrogen-bond acceptors (Lipinski definition) is 3. The highest BCUT2D eigenvalue weighted by atomic mass is 35.5. The van der Waals surface area contributed by atoms with Gasteiger partial charge in [0, 0.05) is 16.8 Å². The number of carbonyl (C=O) groups is 1. The fraction of sp³-hybridized carbons (Fsp3) is 0.176.